The van der Waals surface area contributed by atoms with Gasteiger partial charge in [0.2, 0.25) is 0 Å². The van der Waals surface area contributed by atoms with E-state index in [1.807, 2.05) is 35.1 Å². The maximum atomic E-state index is 13.1. The van der Waals surface area contributed by atoms with E-state index in [0.29, 0.717) is 11.0 Å². The summed E-state index contributed by atoms with van der Waals surface area (Å²) in [4.78, 5) is 0. The second-order valence-electron chi connectivity index (χ2n) is 4.18. The quantitative estimate of drug-likeness (QED) is 0.794. The molecule has 0 aliphatic rings. The van der Waals surface area contributed by atoms with E-state index in [9.17, 15) is 4.39 Å². The first kappa shape index (κ1) is 12.2. The number of halogens is 2. The van der Waals surface area contributed by atoms with Gasteiger partial charge in [-0.1, -0.05) is 6.07 Å². The van der Waals surface area contributed by atoms with E-state index in [1.165, 1.54) is 6.07 Å². The molecule has 0 aliphatic carbocycles. The summed E-state index contributed by atoms with van der Waals surface area (Å²) in [5.74, 6) is -0.262. The number of fused-ring (bicyclic) bond motifs is 1. The number of aromatic nitrogens is 2. The van der Waals surface area contributed by atoms with Crippen LogP contribution >= 0.6 is 15.9 Å². The molecule has 96 valence electrons. The van der Waals surface area contributed by atoms with Gasteiger partial charge in [0.1, 0.15) is 5.82 Å². The number of hydrogen-bond donors (Lipinski definition) is 1. The second kappa shape index (κ2) is 5.01. The second-order valence-corrected chi connectivity index (χ2v) is 5.04. The fourth-order valence-electron chi connectivity index (χ4n) is 1.93. The highest BCUT2D eigenvalue weighted by Gasteiger charge is 2.04. The van der Waals surface area contributed by atoms with Crippen molar-refractivity contribution in [2.45, 2.75) is 6.54 Å². The summed E-state index contributed by atoms with van der Waals surface area (Å²) in [6.45, 7) is 0.644. The van der Waals surface area contributed by atoms with Crippen LogP contribution in [0.3, 0.4) is 0 Å². The molecule has 0 fully saturated rings. The summed E-state index contributed by atoms with van der Waals surface area (Å²) >= 11 is 3.17. The molecule has 3 aromatic rings. The number of anilines is 1. The first-order valence-corrected chi connectivity index (χ1v) is 6.63. The Morgan fingerprint density at radius 2 is 2.16 bits per heavy atom. The molecule has 0 saturated carbocycles. The number of benzene rings is 1. The average Bonchev–Trinajstić information content (AvgIpc) is 2.83. The van der Waals surface area contributed by atoms with E-state index in [-0.39, 0.29) is 5.82 Å². The lowest BCUT2D eigenvalue weighted by Crippen LogP contribution is -1.99. The number of pyridine rings is 1. The molecule has 0 amide bonds. The Balaban J connectivity index is 1.80. The standard InChI is InChI=1S/C14H11BrFN3/c15-12-7-11(4-5-13(12)16)17-8-10-9-18-19-6-2-1-3-14(10)19/h1-7,9,17H,8H2. The van der Waals surface area contributed by atoms with E-state index in [1.54, 1.807) is 12.1 Å². The lowest BCUT2D eigenvalue weighted by Gasteiger charge is -2.06. The molecule has 0 saturated heterocycles. The molecule has 2 heterocycles. The minimum absolute atomic E-state index is 0.262. The molecule has 19 heavy (non-hydrogen) atoms. The molecular formula is C14H11BrFN3. The smallest absolute Gasteiger partial charge is 0.137 e. The van der Waals surface area contributed by atoms with Crippen molar-refractivity contribution in [3.05, 3.63) is 64.6 Å². The molecular weight excluding hydrogens is 309 g/mol. The van der Waals surface area contributed by atoms with Crippen molar-refractivity contribution in [3.63, 3.8) is 0 Å². The minimum Gasteiger partial charge on any atom is -0.381 e. The molecule has 5 heteroatoms. The number of hydrogen-bond acceptors (Lipinski definition) is 2. The monoisotopic (exact) mass is 319 g/mol. The van der Waals surface area contributed by atoms with Gasteiger partial charge in [-0.05, 0) is 46.3 Å². The molecule has 1 aromatic carbocycles. The van der Waals surface area contributed by atoms with Gasteiger partial charge in [0.25, 0.3) is 0 Å². The summed E-state index contributed by atoms with van der Waals surface area (Å²) in [6.07, 6.45) is 3.74. The third-order valence-electron chi connectivity index (χ3n) is 2.91. The van der Waals surface area contributed by atoms with Crippen LogP contribution < -0.4 is 5.32 Å². The molecule has 0 aliphatic heterocycles. The highest BCUT2D eigenvalue weighted by atomic mass is 79.9. The van der Waals surface area contributed by atoms with Crippen molar-refractivity contribution in [1.29, 1.82) is 0 Å². The van der Waals surface area contributed by atoms with E-state index in [4.69, 9.17) is 0 Å². The molecule has 0 atom stereocenters. The van der Waals surface area contributed by atoms with Crippen LogP contribution in [0.1, 0.15) is 5.56 Å². The minimum atomic E-state index is -0.262. The van der Waals surface area contributed by atoms with Crippen LogP contribution in [0.5, 0.6) is 0 Å². The topological polar surface area (TPSA) is 29.3 Å². The van der Waals surface area contributed by atoms with Crippen LogP contribution in [0.25, 0.3) is 5.52 Å². The van der Waals surface area contributed by atoms with Gasteiger partial charge >= 0.3 is 0 Å². The fraction of sp³-hybridized carbons (Fsp3) is 0.0714. The van der Waals surface area contributed by atoms with Crippen LogP contribution in [-0.2, 0) is 6.54 Å². The molecule has 3 nitrogen and oxygen atoms in total. The maximum Gasteiger partial charge on any atom is 0.137 e. The van der Waals surface area contributed by atoms with Gasteiger partial charge in [0.05, 0.1) is 16.2 Å². The van der Waals surface area contributed by atoms with Crippen LogP contribution in [0, 0.1) is 5.82 Å². The summed E-state index contributed by atoms with van der Waals surface area (Å²) in [6, 6.07) is 10.8. The summed E-state index contributed by atoms with van der Waals surface area (Å²) in [7, 11) is 0. The average molecular weight is 320 g/mol. The van der Waals surface area contributed by atoms with Crippen molar-refractivity contribution in [3.8, 4) is 0 Å². The van der Waals surface area contributed by atoms with E-state index in [2.05, 4.69) is 26.3 Å². The lowest BCUT2D eigenvalue weighted by molar-refractivity contribution is 0.621. The maximum absolute atomic E-state index is 13.1. The fourth-order valence-corrected chi connectivity index (χ4v) is 2.31. The third-order valence-corrected chi connectivity index (χ3v) is 3.52. The van der Waals surface area contributed by atoms with Gasteiger partial charge in [0, 0.05) is 24.0 Å². The summed E-state index contributed by atoms with van der Waals surface area (Å²) in [5.41, 5.74) is 3.03. The summed E-state index contributed by atoms with van der Waals surface area (Å²) < 4.78 is 15.4. The zero-order chi connectivity index (χ0) is 13.2. The van der Waals surface area contributed by atoms with Crippen molar-refractivity contribution < 1.29 is 4.39 Å². The van der Waals surface area contributed by atoms with Crippen LogP contribution in [0.2, 0.25) is 0 Å². The highest BCUT2D eigenvalue weighted by molar-refractivity contribution is 9.10. The van der Waals surface area contributed by atoms with Gasteiger partial charge in [0.15, 0.2) is 0 Å². The van der Waals surface area contributed by atoms with Gasteiger partial charge in [-0.25, -0.2) is 8.91 Å². The first-order valence-electron chi connectivity index (χ1n) is 5.84. The normalized spacial score (nSPS) is 10.8. The van der Waals surface area contributed by atoms with Crippen molar-refractivity contribution >= 4 is 27.1 Å². The lowest BCUT2D eigenvalue weighted by atomic mass is 10.2. The molecule has 0 radical (unpaired) electrons. The molecule has 1 N–H and O–H groups in total. The number of nitrogens with one attached hydrogen (secondary N) is 1. The van der Waals surface area contributed by atoms with Crippen LogP contribution in [0.15, 0.2) is 53.3 Å². The zero-order valence-corrected chi connectivity index (χ0v) is 11.6. The number of nitrogens with zero attached hydrogens (tertiary/aromatic N) is 2. The molecule has 3 rings (SSSR count). The Bertz CT molecular complexity index is 724. The van der Waals surface area contributed by atoms with Crippen molar-refractivity contribution in [2.75, 3.05) is 5.32 Å². The number of rotatable bonds is 3. The van der Waals surface area contributed by atoms with Gasteiger partial charge in [-0.2, -0.15) is 5.10 Å². The highest BCUT2D eigenvalue weighted by Crippen LogP contribution is 2.21. The molecule has 0 unspecified atom stereocenters. The van der Waals surface area contributed by atoms with Crippen LogP contribution in [-0.4, -0.2) is 9.61 Å². The largest absolute Gasteiger partial charge is 0.381 e. The van der Waals surface area contributed by atoms with Crippen LogP contribution in [0.4, 0.5) is 10.1 Å². The Labute approximate surface area is 118 Å². The Hall–Kier alpha value is -1.88. The van der Waals surface area contributed by atoms with Gasteiger partial charge in [-0.15, -0.1) is 0 Å². The molecule has 2 aromatic heterocycles. The van der Waals surface area contributed by atoms with Crippen molar-refractivity contribution in [1.82, 2.24) is 9.61 Å². The molecule has 0 spiro atoms. The SMILES string of the molecule is Fc1ccc(NCc2cnn3ccccc23)cc1Br. The zero-order valence-electron chi connectivity index (χ0n) is 9.98. The Kier molecular flexibility index (Phi) is 3.21. The van der Waals surface area contributed by atoms with E-state index >= 15 is 0 Å². The predicted molar refractivity (Wildman–Crippen MR) is 76.6 cm³/mol. The Morgan fingerprint density at radius 1 is 1.26 bits per heavy atom. The van der Waals surface area contributed by atoms with Crippen molar-refractivity contribution in [2.24, 2.45) is 0 Å². The van der Waals surface area contributed by atoms with E-state index < -0.39 is 0 Å². The van der Waals surface area contributed by atoms with Gasteiger partial charge < -0.3 is 5.32 Å². The third kappa shape index (κ3) is 2.46. The summed E-state index contributed by atoms with van der Waals surface area (Å²) in [5, 5.41) is 7.53. The van der Waals surface area contributed by atoms with E-state index in [0.717, 1.165) is 16.8 Å². The first-order chi connectivity index (χ1) is 9.24. The van der Waals surface area contributed by atoms with Gasteiger partial charge in [-0.3, -0.25) is 0 Å². The Morgan fingerprint density at radius 3 is 3.00 bits per heavy atom. The molecule has 0 bridgehead atoms. The predicted octanol–water partition coefficient (Wildman–Crippen LogP) is 3.85.